The van der Waals surface area contributed by atoms with Gasteiger partial charge in [0.1, 0.15) is 0 Å². The van der Waals surface area contributed by atoms with Gasteiger partial charge in [0.05, 0.1) is 0 Å². The molecule has 5 heteroatoms. The molecule has 0 aromatic heterocycles. The summed E-state index contributed by atoms with van der Waals surface area (Å²) < 4.78 is 0. The van der Waals surface area contributed by atoms with E-state index in [0.717, 1.165) is 5.92 Å². The molecule has 1 atom stereocenters. The smallest absolute Gasteiger partial charge is 0.209 e. The van der Waals surface area contributed by atoms with E-state index in [4.69, 9.17) is 16.7 Å². The Kier molecular flexibility index (Phi) is 6.65. The number of aliphatic imine (C=N–C) groups is 1. The van der Waals surface area contributed by atoms with Gasteiger partial charge in [-0.15, -0.1) is 4.99 Å². The first-order valence-electron chi connectivity index (χ1n) is 4.35. The van der Waals surface area contributed by atoms with E-state index in [2.05, 4.69) is 17.2 Å². The summed E-state index contributed by atoms with van der Waals surface area (Å²) in [6, 6.07) is 0. The summed E-state index contributed by atoms with van der Waals surface area (Å²) in [5.74, 6) is 0.728. The Balaban J connectivity index is 0.000000226. The fraction of sp³-hybridized carbons (Fsp3) is 0.750. The molecule has 1 unspecified atom stereocenters. The van der Waals surface area contributed by atoms with Crippen molar-refractivity contribution in [2.45, 2.75) is 19.8 Å². The normalized spacial score (nSPS) is 20.5. The highest BCUT2D eigenvalue weighted by atomic mass is 15.0. The Hall–Kier alpha value is -1.28. The van der Waals surface area contributed by atoms with Crippen LogP contribution in [0.2, 0.25) is 0 Å². The number of nitrogens with one attached hydrogen (secondary N) is 1. The Morgan fingerprint density at radius 2 is 2.31 bits per heavy atom. The van der Waals surface area contributed by atoms with Crippen molar-refractivity contribution in [3.8, 4) is 6.19 Å². The predicted octanol–water partition coefficient (Wildman–Crippen LogP) is -0.253. The molecule has 1 aliphatic rings. The summed E-state index contributed by atoms with van der Waals surface area (Å²) in [6.45, 7) is 4.77. The molecule has 0 saturated carbocycles. The van der Waals surface area contributed by atoms with Crippen molar-refractivity contribution in [1.29, 1.82) is 5.26 Å². The number of hydrogen-bond acceptors (Lipinski definition) is 3. The lowest BCUT2D eigenvalue weighted by atomic mass is 10.0. The number of guanidine groups is 1. The van der Waals surface area contributed by atoms with Crippen LogP contribution in [0.15, 0.2) is 4.99 Å². The molecule has 0 spiro atoms. The summed E-state index contributed by atoms with van der Waals surface area (Å²) in [5, 5.41) is 11.0. The van der Waals surface area contributed by atoms with Gasteiger partial charge in [-0.25, -0.2) is 0 Å². The minimum Gasteiger partial charge on any atom is -0.369 e. The number of hydrogen-bond donors (Lipinski definition) is 3. The molecular weight excluding hydrogens is 166 g/mol. The Morgan fingerprint density at radius 1 is 1.62 bits per heavy atom. The lowest BCUT2D eigenvalue weighted by Gasteiger charge is -2.17. The number of nitrogens with two attached hydrogens (primary N) is 2. The van der Waals surface area contributed by atoms with Crippen LogP contribution in [0.25, 0.3) is 0 Å². The van der Waals surface area contributed by atoms with Gasteiger partial charge >= 0.3 is 0 Å². The highest BCUT2D eigenvalue weighted by molar-refractivity contribution is 5.76. The minimum atomic E-state index is -0.197. The third kappa shape index (κ3) is 8.63. The van der Waals surface area contributed by atoms with Crippen molar-refractivity contribution in [2.75, 3.05) is 13.1 Å². The van der Waals surface area contributed by atoms with Gasteiger partial charge in [0.2, 0.25) is 12.2 Å². The average molecular weight is 183 g/mol. The van der Waals surface area contributed by atoms with Gasteiger partial charge in [-0.1, -0.05) is 6.92 Å². The first kappa shape index (κ1) is 11.7. The first-order valence-corrected chi connectivity index (χ1v) is 4.35. The quantitative estimate of drug-likeness (QED) is 0.274. The van der Waals surface area contributed by atoms with Gasteiger partial charge in [0.15, 0.2) is 0 Å². The first-order chi connectivity index (χ1) is 6.16. The molecule has 1 saturated heterocycles. The molecule has 74 valence electrons. The van der Waals surface area contributed by atoms with Gasteiger partial charge < -0.3 is 16.8 Å². The Morgan fingerprint density at radius 3 is 2.46 bits per heavy atom. The molecule has 13 heavy (non-hydrogen) atoms. The highest BCUT2D eigenvalue weighted by Gasteiger charge is 2.04. The van der Waals surface area contributed by atoms with Crippen LogP contribution in [0.4, 0.5) is 0 Å². The van der Waals surface area contributed by atoms with Crippen LogP contribution in [0.3, 0.4) is 0 Å². The van der Waals surface area contributed by atoms with Gasteiger partial charge in [0, 0.05) is 0 Å². The largest absolute Gasteiger partial charge is 0.369 e. The van der Waals surface area contributed by atoms with Crippen LogP contribution < -0.4 is 16.8 Å². The van der Waals surface area contributed by atoms with Crippen molar-refractivity contribution in [1.82, 2.24) is 5.32 Å². The number of nitrogens with zero attached hydrogens (tertiary/aromatic N) is 2. The van der Waals surface area contributed by atoms with Crippen LogP contribution in [0, 0.1) is 17.4 Å². The molecule has 0 bridgehead atoms. The maximum atomic E-state index is 7.64. The van der Waals surface area contributed by atoms with E-state index in [1.54, 1.807) is 0 Å². The second-order valence-electron chi connectivity index (χ2n) is 3.09. The number of rotatable bonds is 0. The average Bonchev–Trinajstić information content (AvgIpc) is 2.06. The van der Waals surface area contributed by atoms with E-state index in [1.807, 2.05) is 0 Å². The van der Waals surface area contributed by atoms with Gasteiger partial charge in [-0.05, 0) is 31.8 Å². The van der Waals surface area contributed by atoms with Crippen molar-refractivity contribution < 1.29 is 0 Å². The van der Waals surface area contributed by atoms with E-state index >= 15 is 0 Å². The molecule has 1 aliphatic heterocycles. The molecule has 0 aromatic carbocycles. The van der Waals surface area contributed by atoms with Gasteiger partial charge in [-0.3, -0.25) is 0 Å². The van der Waals surface area contributed by atoms with Crippen LogP contribution in [0.1, 0.15) is 19.8 Å². The maximum absolute atomic E-state index is 7.64. The zero-order valence-electron chi connectivity index (χ0n) is 7.95. The van der Waals surface area contributed by atoms with Crippen molar-refractivity contribution in [3.63, 3.8) is 0 Å². The molecule has 0 aromatic rings. The lowest BCUT2D eigenvalue weighted by Crippen LogP contribution is -2.27. The summed E-state index contributed by atoms with van der Waals surface area (Å²) in [5.41, 5.74) is 9.42. The number of piperidine rings is 1. The van der Waals surface area contributed by atoms with Gasteiger partial charge in [-0.2, -0.15) is 5.26 Å². The molecule has 1 fully saturated rings. The van der Waals surface area contributed by atoms with Crippen LogP contribution >= 0.6 is 0 Å². The molecule has 5 N–H and O–H groups in total. The predicted molar refractivity (Wildman–Crippen MR) is 52.7 cm³/mol. The van der Waals surface area contributed by atoms with E-state index in [9.17, 15) is 0 Å². The summed E-state index contributed by atoms with van der Waals surface area (Å²) in [4.78, 5) is 2.90. The monoisotopic (exact) mass is 183 g/mol. The molecular formula is C8H17N5. The fourth-order valence-electron chi connectivity index (χ4n) is 1.08. The Labute approximate surface area is 78.8 Å². The highest BCUT2D eigenvalue weighted by Crippen LogP contribution is 2.06. The van der Waals surface area contributed by atoms with Gasteiger partial charge in [0.25, 0.3) is 0 Å². The van der Waals surface area contributed by atoms with Crippen molar-refractivity contribution in [3.05, 3.63) is 0 Å². The zero-order chi connectivity index (χ0) is 10.1. The maximum Gasteiger partial charge on any atom is 0.209 e. The molecule has 0 aliphatic carbocycles. The van der Waals surface area contributed by atoms with Crippen LogP contribution in [-0.4, -0.2) is 19.0 Å². The van der Waals surface area contributed by atoms with Crippen molar-refractivity contribution in [2.24, 2.45) is 22.4 Å². The standard InChI is InChI=1S/C6H13N.C2H4N4/c1-6-3-2-4-7-5-6;3-1-6-2(4)5/h6-7H,2-5H2,1H3;(H4,4,5,6). The topological polar surface area (TPSA) is 100 Å². The summed E-state index contributed by atoms with van der Waals surface area (Å²) in [6.07, 6.45) is 4.20. The zero-order valence-corrected chi connectivity index (χ0v) is 7.95. The number of nitriles is 1. The van der Waals surface area contributed by atoms with Crippen LogP contribution in [-0.2, 0) is 0 Å². The third-order valence-electron chi connectivity index (χ3n) is 1.72. The van der Waals surface area contributed by atoms with E-state index in [0.29, 0.717) is 0 Å². The van der Waals surface area contributed by atoms with E-state index in [-0.39, 0.29) is 5.96 Å². The third-order valence-corrected chi connectivity index (χ3v) is 1.72. The SMILES string of the molecule is CC1CCCNC1.N#CN=C(N)N. The van der Waals surface area contributed by atoms with E-state index < -0.39 is 0 Å². The Bertz CT molecular complexity index is 183. The van der Waals surface area contributed by atoms with Crippen molar-refractivity contribution >= 4 is 5.96 Å². The second-order valence-corrected chi connectivity index (χ2v) is 3.09. The lowest BCUT2D eigenvalue weighted by molar-refractivity contribution is 0.405. The van der Waals surface area contributed by atoms with Crippen LogP contribution in [0.5, 0.6) is 0 Å². The molecule has 1 heterocycles. The minimum absolute atomic E-state index is 0.197. The summed E-state index contributed by atoms with van der Waals surface area (Å²) >= 11 is 0. The fourth-order valence-corrected chi connectivity index (χ4v) is 1.08. The molecule has 5 nitrogen and oxygen atoms in total. The molecule has 0 radical (unpaired) electrons. The molecule has 1 rings (SSSR count). The van der Waals surface area contributed by atoms with E-state index in [1.165, 1.54) is 32.1 Å². The molecule has 0 amide bonds. The second kappa shape index (κ2) is 7.37. The summed E-state index contributed by atoms with van der Waals surface area (Å²) in [7, 11) is 0.